The van der Waals surface area contributed by atoms with Gasteiger partial charge in [0.15, 0.2) is 6.61 Å². The van der Waals surface area contributed by atoms with Crippen LogP contribution in [-0.4, -0.2) is 39.5 Å². The third-order valence-electron chi connectivity index (χ3n) is 8.39. The predicted octanol–water partition coefficient (Wildman–Crippen LogP) is 4.30. The Hall–Kier alpha value is -2.70. The van der Waals surface area contributed by atoms with E-state index in [1.54, 1.807) is 0 Å². The molecule has 1 amide bonds. The first-order valence-corrected chi connectivity index (χ1v) is 12.4. The average molecular weight is 450 g/mol. The molecular weight excluding hydrogens is 418 g/mol. The molecule has 5 aliphatic rings. The van der Waals surface area contributed by atoms with Gasteiger partial charge in [-0.05, 0) is 76.0 Å². The van der Waals surface area contributed by atoms with Gasteiger partial charge < -0.3 is 14.2 Å². The van der Waals surface area contributed by atoms with Crippen LogP contribution in [0.15, 0.2) is 28.8 Å². The number of aryl methyl sites for hydroxylation is 1. The molecule has 2 aromatic rings. The topological polar surface area (TPSA) is 85.5 Å². The molecule has 174 valence electrons. The Balaban J connectivity index is 1.10. The standard InChI is InChI=1S/C26H31N3O4/c1-16-4-6-20(7-5-16)23-27-22(33-28-23)15-32-24(30)21-3-2-8-29(21)25(31)26-12-17-9-18(13-26)11-19(10-17)14-26/h4-7,17-19,21H,2-3,8-15H2,1H3. The van der Waals surface area contributed by atoms with Crippen molar-refractivity contribution in [3.05, 3.63) is 35.7 Å². The summed E-state index contributed by atoms with van der Waals surface area (Å²) in [6, 6.07) is 7.34. The minimum Gasteiger partial charge on any atom is -0.454 e. The van der Waals surface area contributed by atoms with Gasteiger partial charge in [0, 0.05) is 12.1 Å². The number of carbonyl (C=O) groups is 2. The molecule has 7 heteroatoms. The molecule has 4 bridgehead atoms. The van der Waals surface area contributed by atoms with Crippen LogP contribution in [0.2, 0.25) is 0 Å². The van der Waals surface area contributed by atoms with Crippen molar-refractivity contribution >= 4 is 11.9 Å². The number of amides is 1. The van der Waals surface area contributed by atoms with Crippen molar-refractivity contribution in [2.45, 2.75) is 70.9 Å². The maximum Gasteiger partial charge on any atom is 0.329 e. The molecule has 0 N–H and O–H groups in total. The fourth-order valence-electron chi connectivity index (χ4n) is 7.29. The Morgan fingerprint density at radius 3 is 2.42 bits per heavy atom. The summed E-state index contributed by atoms with van der Waals surface area (Å²) < 4.78 is 10.8. The van der Waals surface area contributed by atoms with Crippen molar-refractivity contribution in [1.29, 1.82) is 0 Å². The summed E-state index contributed by atoms with van der Waals surface area (Å²) in [5.74, 6) is 2.69. The monoisotopic (exact) mass is 449 g/mol. The molecule has 4 saturated carbocycles. The summed E-state index contributed by atoms with van der Waals surface area (Å²) in [6.07, 6.45) is 8.44. The van der Waals surface area contributed by atoms with E-state index >= 15 is 0 Å². The molecule has 0 radical (unpaired) electrons. The predicted molar refractivity (Wildman–Crippen MR) is 120 cm³/mol. The van der Waals surface area contributed by atoms with Crippen LogP contribution < -0.4 is 0 Å². The molecule has 1 aromatic carbocycles. The maximum absolute atomic E-state index is 13.7. The summed E-state index contributed by atoms with van der Waals surface area (Å²) in [6.45, 7) is 2.59. The molecule has 1 aliphatic heterocycles. The minimum atomic E-state index is -0.495. The van der Waals surface area contributed by atoms with Crippen LogP contribution in [0.25, 0.3) is 11.4 Å². The lowest BCUT2D eigenvalue weighted by molar-refractivity contribution is -0.166. The second-order valence-corrected chi connectivity index (χ2v) is 10.8. The molecular formula is C26H31N3O4. The molecule has 1 aromatic heterocycles. The van der Waals surface area contributed by atoms with Gasteiger partial charge in [-0.1, -0.05) is 35.0 Å². The normalized spacial score (nSPS) is 32.3. The number of esters is 1. The fourth-order valence-corrected chi connectivity index (χ4v) is 7.29. The second kappa shape index (κ2) is 7.96. The Bertz CT molecular complexity index is 1020. The van der Waals surface area contributed by atoms with E-state index in [1.165, 1.54) is 19.3 Å². The van der Waals surface area contributed by atoms with Gasteiger partial charge in [0.1, 0.15) is 6.04 Å². The van der Waals surface area contributed by atoms with Crippen LogP contribution in [0.3, 0.4) is 0 Å². The zero-order valence-electron chi connectivity index (χ0n) is 19.2. The SMILES string of the molecule is Cc1ccc(-c2noc(COC(=O)C3CCCN3C(=O)C34CC5CC(CC(C5)C3)C4)n2)cc1. The highest BCUT2D eigenvalue weighted by Gasteiger charge is 2.57. The van der Waals surface area contributed by atoms with Gasteiger partial charge in [-0.15, -0.1) is 0 Å². The van der Waals surface area contributed by atoms with Crippen LogP contribution in [0, 0.1) is 30.1 Å². The zero-order chi connectivity index (χ0) is 22.6. The number of nitrogens with zero attached hydrogens (tertiary/aromatic N) is 3. The first kappa shape index (κ1) is 20.9. The number of aromatic nitrogens is 2. The molecule has 1 unspecified atom stereocenters. The number of likely N-dealkylation sites (tertiary alicyclic amines) is 1. The minimum absolute atomic E-state index is 0.0758. The van der Waals surface area contributed by atoms with E-state index in [0.717, 1.165) is 36.8 Å². The number of carbonyl (C=O) groups excluding carboxylic acids is 2. The fraction of sp³-hybridized carbons (Fsp3) is 0.615. The number of benzene rings is 1. The lowest BCUT2D eigenvalue weighted by atomic mass is 9.49. The highest BCUT2D eigenvalue weighted by molar-refractivity contribution is 5.89. The summed E-state index contributed by atoms with van der Waals surface area (Å²) in [5.41, 5.74) is 1.78. The largest absolute Gasteiger partial charge is 0.454 e. The lowest BCUT2D eigenvalue weighted by Crippen LogP contribution is -2.56. The third-order valence-corrected chi connectivity index (χ3v) is 8.39. The molecule has 7 nitrogen and oxygen atoms in total. The number of ether oxygens (including phenoxy) is 1. The van der Waals surface area contributed by atoms with E-state index in [-0.39, 0.29) is 29.8 Å². The molecule has 1 atom stereocenters. The van der Waals surface area contributed by atoms with E-state index in [2.05, 4.69) is 10.1 Å². The Labute approximate surface area is 193 Å². The summed E-state index contributed by atoms with van der Waals surface area (Å²) >= 11 is 0. The highest BCUT2D eigenvalue weighted by Crippen LogP contribution is 2.60. The van der Waals surface area contributed by atoms with Crippen LogP contribution in [-0.2, 0) is 20.9 Å². The molecule has 5 fully saturated rings. The lowest BCUT2D eigenvalue weighted by Gasteiger charge is -2.56. The van der Waals surface area contributed by atoms with E-state index in [4.69, 9.17) is 9.26 Å². The maximum atomic E-state index is 13.7. The first-order chi connectivity index (χ1) is 16.0. The first-order valence-electron chi connectivity index (χ1n) is 12.4. The molecule has 1 saturated heterocycles. The second-order valence-electron chi connectivity index (χ2n) is 10.8. The number of rotatable bonds is 5. The van der Waals surface area contributed by atoms with Gasteiger partial charge in [-0.2, -0.15) is 4.98 Å². The van der Waals surface area contributed by atoms with Crippen molar-refractivity contribution in [3.8, 4) is 11.4 Å². The summed E-state index contributed by atoms with van der Waals surface area (Å²) in [7, 11) is 0. The summed E-state index contributed by atoms with van der Waals surface area (Å²) in [5, 5.41) is 4.00. The Morgan fingerprint density at radius 1 is 1.09 bits per heavy atom. The van der Waals surface area contributed by atoms with Crippen LogP contribution in [0.4, 0.5) is 0 Å². The van der Waals surface area contributed by atoms with E-state index < -0.39 is 6.04 Å². The number of hydrogen-bond donors (Lipinski definition) is 0. The van der Waals surface area contributed by atoms with Gasteiger partial charge in [0.2, 0.25) is 11.7 Å². The van der Waals surface area contributed by atoms with Gasteiger partial charge in [-0.25, -0.2) is 4.79 Å². The van der Waals surface area contributed by atoms with Crippen LogP contribution in [0.5, 0.6) is 0 Å². The zero-order valence-corrected chi connectivity index (χ0v) is 19.2. The van der Waals surface area contributed by atoms with Gasteiger partial charge in [0.25, 0.3) is 5.89 Å². The molecule has 33 heavy (non-hydrogen) atoms. The summed E-state index contributed by atoms with van der Waals surface area (Å²) in [4.78, 5) is 32.9. The van der Waals surface area contributed by atoms with E-state index in [9.17, 15) is 9.59 Å². The van der Waals surface area contributed by atoms with Crippen molar-refractivity contribution in [3.63, 3.8) is 0 Å². The van der Waals surface area contributed by atoms with Gasteiger partial charge in [-0.3, -0.25) is 4.79 Å². The molecule has 7 rings (SSSR count). The van der Waals surface area contributed by atoms with E-state index in [1.807, 2.05) is 36.1 Å². The Kier molecular flexibility index (Phi) is 5.03. The highest BCUT2D eigenvalue weighted by atomic mass is 16.6. The Morgan fingerprint density at radius 2 is 1.76 bits per heavy atom. The van der Waals surface area contributed by atoms with E-state index in [0.29, 0.717) is 36.5 Å². The van der Waals surface area contributed by atoms with Gasteiger partial charge >= 0.3 is 5.97 Å². The molecule has 4 aliphatic carbocycles. The third kappa shape index (κ3) is 3.75. The van der Waals surface area contributed by atoms with Crippen molar-refractivity contribution < 1.29 is 18.8 Å². The quantitative estimate of drug-likeness (QED) is 0.633. The van der Waals surface area contributed by atoms with Crippen LogP contribution in [0.1, 0.15) is 62.8 Å². The van der Waals surface area contributed by atoms with Gasteiger partial charge in [0.05, 0.1) is 5.41 Å². The smallest absolute Gasteiger partial charge is 0.329 e. The number of hydrogen-bond acceptors (Lipinski definition) is 6. The molecule has 0 spiro atoms. The average Bonchev–Trinajstić information content (AvgIpc) is 3.47. The van der Waals surface area contributed by atoms with Crippen LogP contribution >= 0.6 is 0 Å². The van der Waals surface area contributed by atoms with Crippen molar-refractivity contribution in [1.82, 2.24) is 15.0 Å². The van der Waals surface area contributed by atoms with Crippen molar-refractivity contribution in [2.24, 2.45) is 23.2 Å². The van der Waals surface area contributed by atoms with Crippen molar-refractivity contribution in [2.75, 3.05) is 6.54 Å². The molecule has 2 heterocycles.